The van der Waals surface area contributed by atoms with Crippen LogP contribution in [0.2, 0.25) is 0 Å². The lowest BCUT2D eigenvalue weighted by Crippen LogP contribution is -2.33. The largest absolute Gasteiger partial charge is 0.396 e. The molecule has 0 atom stereocenters. The number of benzene rings is 1. The third-order valence-electron chi connectivity index (χ3n) is 3.22. The number of aliphatic hydroxyl groups is 1. The second kappa shape index (κ2) is 9.92. The van der Waals surface area contributed by atoms with Crippen molar-refractivity contribution in [2.75, 3.05) is 26.4 Å². The molecule has 0 amide bonds. The van der Waals surface area contributed by atoms with Gasteiger partial charge in [-0.1, -0.05) is 44.2 Å². The fourth-order valence-corrected chi connectivity index (χ4v) is 2.03. The lowest BCUT2D eigenvalue weighted by Gasteiger charge is -2.25. The third-order valence-corrected chi connectivity index (χ3v) is 3.22. The number of aliphatic hydroxyl groups excluding tert-OH is 1. The van der Waals surface area contributed by atoms with E-state index in [1.807, 2.05) is 6.07 Å². The predicted octanol–water partition coefficient (Wildman–Crippen LogP) is 2.98. The molecule has 0 saturated carbocycles. The second-order valence-corrected chi connectivity index (χ2v) is 6.09. The Labute approximate surface area is 123 Å². The number of nitrogens with one attached hydrogen (secondary N) is 1. The Morgan fingerprint density at radius 1 is 1.10 bits per heavy atom. The number of ether oxygens (including phenoxy) is 1. The van der Waals surface area contributed by atoms with Gasteiger partial charge >= 0.3 is 0 Å². The summed E-state index contributed by atoms with van der Waals surface area (Å²) in [5, 5.41) is 12.2. The molecule has 0 aliphatic carbocycles. The maximum atomic E-state index is 8.69. The van der Waals surface area contributed by atoms with Crippen molar-refractivity contribution in [1.82, 2.24) is 5.32 Å². The molecule has 2 N–H and O–H groups in total. The van der Waals surface area contributed by atoms with Crippen molar-refractivity contribution >= 4 is 0 Å². The van der Waals surface area contributed by atoms with Crippen LogP contribution in [-0.2, 0) is 11.3 Å². The molecule has 0 aliphatic heterocycles. The molecule has 20 heavy (non-hydrogen) atoms. The second-order valence-electron chi connectivity index (χ2n) is 6.09. The SMILES string of the molecule is CC(C)(CNCc1ccccc1)COCCCCCO. The Morgan fingerprint density at radius 3 is 2.55 bits per heavy atom. The third kappa shape index (κ3) is 8.31. The molecule has 1 aromatic carbocycles. The highest BCUT2D eigenvalue weighted by Crippen LogP contribution is 2.14. The smallest absolute Gasteiger partial charge is 0.0529 e. The van der Waals surface area contributed by atoms with Crippen LogP contribution in [0.25, 0.3) is 0 Å². The molecule has 0 saturated heterocycles. The molecule has 0 radical (unpaired) electrons. The normalized spacial score (nSPS) is 11.8. The van der Waals surface area contributed by atoms with Crippen molar-refractivity contribution in [3.8, 4) is 0 Å². The van der Waals surface area contributed by atoms with E-state index >= 15 is 0 Å². The molecule has 1 rings (SSSR count). The van der Waals surface area contributed by atoms with Crippen LogP contribution in [0.1, 0.15) is 38.7 Å². The number of hydrogen-bond donors (Lipinski definition) is 2. The Morgan fingerprint density at radius 2 is 1.85 bits per heavy atom. The van der Waals surface area contributed by atoms with E-state index in [2.05, 4.69) is 43.4 Å². The first-order valence-corrected chi connectivity index (χ1v) is 7.57. The molecule has 0 fully saturated rings. The van der Waals surface area contributed by atoms with E-state index in [1.54, 1.807) is 0 Å². The Bertz CT molecular complexity index is 338. The summed E-state index contributed by atoms with van der Waals surface area (Å²) in [5.41, 5.74) is 1.46. The van der Waals surface area contributed by atoms with Crippen LogP contribution < -0.4 is 5.32 Å². The number of rotatable bonds is 11. The highest BCUT2D eigenvalue weighted by Gasteiger charge is 2.17. The van der Waals surface area contributed by atoms with Crippen LogP contribution in [0.3, 0.4) is 0 Å². The molecular formula is C17H29NO2. The summed E-state index contributed by atoms with van der Waals surface area (Å²) in [4.78, 5) is 0. The minimum atomic E-state index is 0.145. The molecule has 0 bridgehead atoms. The molecule has 0 aromatic heterocycles. The molecule has 0 heterocycles. The first-order chi connectivity index (χ1) is 9.64. The summed E-state index contributed by atoms with van der Waals surface area (Å²) in [6.07, 6.45) is 2.96. The number of hydrogen-bond acceptors (Lipinski definition) is 3. The summed E-state index contributed by atoms with van der Waals surface area (Å²) in [7, 11) is 0. The minimum Gasteiger partial charge on any atom is -0.396 e. The van der Waals surface area contributed by atoms with E-state index in [4.69, 9.17) is 9.84 Å². The fourth-order valence-electron chi connectivity index (χ4n) is 2.03. The van der Waals surface area contributed by atoms with Crippen molar-refractivity contribution in [2.24, 2.45) is 5.41 Å². The van der Waals surface area contributed by atoms with E-state index in [-0.39, 0.29) is 12.0 Å². The molecule has 0 aliphatic rings. The summed E-state index contributed by atoms with van der Waals surface area (Å²) in [5.74, 6) is 0. The van der Waals surface area contributed by atoms with Gasteiger partial charge in [-0.2, -0.15) is 0 Å². The maximum absolute atomic E-state index is 8.69. The molecule has 0 unspecified atom stereocenters. The monoisotopic (exact) mass is 279 g/mol. The van der Waals surface area contributed by atoms with E-state index < -0.39 is 0 Å². The van der Waals surface area contributed by atoms with Gasteiger partial charge in [-0.25, -0.2) is 0 Å². The zero-order chi connectivity index (χ0) is 14.7. The first kappa shape index (κ1) is 17.2. The van der Waals surface area contributed by atoms with Gasteiger partial charge in [0.1, 0.15) is 0 Å². The Balaban J connectivity index is 2.08. The topological polar surface area (TPSA) is 41.5 Å². The lowest BCUT2D eigenvalue weighted by molar-refractivity contribution is 0.0590. The van der Waals surface area contributed by atoms with Crippen LogP contribution in [0.5, 0.6) is 0 Å². The zero-order valence-electron chi connectivity index (χ0n) is 12.9. The molecule has 3 heteroatoms. The quantitative estimate of drug-likeness (QED) is 0.612. The van der Waals surface area contributed by atoms with E-state index in [1.165, 1.54) is 5.56 Å². The average molecular weight is 279 g/mol. The molecule has 0 spiro atoms. The minimum absolute atomic E-state index is 0.145. The van der Waals surface area contributed by atoms with Gasteiger partial charge in [-0.3, -0.25) is 0 Å². The summed E-state index contributed by atoms with van der Waals surface area (Å²) in [6, 6.07) is 10.4. The maximum Gasteiger partial charge on any atom is 0.0529 e. The van der Waals surface area contributed by atoms with Crippen LogP contribution in [-0.4, -0.2) is 31.5 Å². The van der Waals surface area contributed by atoms with Crippen molar-refractivity contribution in [1.29, 1.82) is 0 Å². The van der Waals surface area contributed by atoms with Crippen molar-refractivity contribution < 1.29 is 9.84 Å². The standard InChI is InChI=1S/C17H29NO2/c1-17(2,15-20-12-8-4-7-11-19)14-18-13-16-9-5-3-6-10-16/h3,5-6,9-10,18-19H,4,7-8,11-15H2,1-2H3. The van der Waals surface area contributed by atoms with Crippen molar-refractivity contribution in [3.63, 3.8) is 0 Å². The van der Waals surface area contributed by atoms with Crippen LogP contribution in [0, 0.1) is 5.41 Å². The fraction of sp³-hybridized carbons (Fsp3) is 0.647. The summed E-state index contributed by atoms with van der Waals surface area (Å²) in [6.45, 7) is 8.14. The van der Waals surface area contributed by atoms with Crippen molar-refractivity contribution in [2.45, 2.75) is 39.7 Å². The molecular weight excluding hydrogens is 250 g/mol. The summed E-state index contributed by atoms with van der Waals surface area (Å²) < 4.78 is 5.73. The van der Waals surface area contributed by atoms with Gasteiger partial charge in [0.05, 0.1) is 6.61 Å². The van der Waals surface area contributed by atoms with Crippen LogP contribution >= 0.6 is 0 Å². The highest BCUT2D eigenvalue weighted by atomic mass is 16.5. The highest BCUT2D eigenvalue weighted by molar-refractivity contribution is 5.14. The van der Waals surface area contributed by atoms with Gasteiger partial charge in [0, 0.05) is 31.7 Å². The van der Waals surface area contributed by atoms with Gasteiger partial charge in [0.2, 0.25) is 0 Å². The Hall–Kier alpha value is -0.900. The van der Waals surface area contributed by atoms with Gasteiger partial charge in [-0.05, 0) is 24.8 Å². The van der Waals surface area contributed by atoms with E-state index in [0.29, 0.717) is 0 Å². The predicted molar refractivity (Wildman–Crippen MR) is 83.7 cm³/mol. The van der Waals surface area contributed by atoms with E-state index in [0.717, 1.165) is 45.6 Å². The lowest BCUT2D eigenvalue weighted by atomic mass is 9.95. The zero-order valence-corrected chi connectivity index (χ0v) is 12.9. The van der Waals surface area contributed by atoms with Gasteiger partial charge < -0.3 is 15.2 Å². The first-order valence-electron chi connectivity index (χ1n) is 7.57. The van der Waals surface area contributed by atoms with Gasteiger partial charge in [0.15, 0.2) is 0 Å². The summed E-state index contributed by atoms with van der Waals surface area (Å²) >= 11 is 0. The van der Waals surface area contributed by atoms with E-state index in [9.17, 15) is 0 Å². The molecule has 114 valence electrons. The van der Waals surface area contributed by atoms with Crippen LogP contribution in [0.15, 0.2) is 30.3 Å². The Kier molecular flexibility index (Phi) is 8.51. The van der Waals surface area contributed by atoms with Gasteiger partial charge in [-0.15, -0.1) is 0 Å². The van der Waals surface area contributed by atoms with Gasteiger partial charge in [0.25, 0.3) is 0 Å². The molecule has 3 nitrogen and oxygen atoms in total. The average Bonchev–Trinajstić information content (AvgIpc) is 2.44. The van der Waals surface area contributed by atoms with Crippen molar-refractivity contribution in [3.05, 3.63) is 35.9 Å². The number of unbranched alkanes of at least 4 members (excludes halogenated alkanes) is 2. The molecule has 1 aromatic rings. The van der Waals surface area contributed by atoms with Crippen LogP contribution in [0.4, 0.5) is 0 Å².